The zero-order chi connectivity index (χ0) is 23.5. The summed E-state index contributed by atoms with van der Waals surface area (Å²) in [6.07, 6.45) is 4.08. The number of anilines is 3. The van der Waals surface area contributed by atoms with E-state index in [1.54, 1.807) is 50.0 Å². The number of hydrogen-bond acceptors (Lipinski definition) is 7. The lowest BCUT2D eigenvalue weighted by Crippen LogP contribution is -2.17. The van der Waals surface area contributed by atoms with E-state index in [-0.39, 0.29) is 5.91 Å². The summed E-state index contributed by atoms with van der Waals surface area (Å²) in [5.41, 5.74) is 4.05. The summed E-state index contributed by atoms with van der Waals surface area (Å²) in [6, 6.07) is 12.6. The fourth-order valence-electron chi connectivity index (χ4n) is 3.56. The van der Waals surface area contributed by atoms with Gasteiger partial charge in [-0.3, -0.25) is 4.79 Å². The monoisotopic (exact) mass is 441 g/mol. The van der Waals surface area contributed by atoms with Gasteiger partial charge in [0.25, 0.3) is 5.91 Å². The molecule has 0 spiro atoms. The molecule has 1 aromatic carbocycles. The fourth-order valence-corrected chi connectivity index (χ4v) is 3.56. The molecule has 9 nitrogen and oxygen atoms in total. The van der Waals surface area contributed by atoms with E-state index < -0.39 is 0 Å². The maximum Gasteiger partial charge on any atom is 0.256 e. The van der Waals surface area contributed by atoms with Crippen molar-refractivity contribution in [3.05, 3.63) is 65.7 Å². The number of methoxy groups -OCH3 is 1. The number of rotatable bonds is 6. The molecule has 1 N–H and O–H groups in total. The van der Waals surface area contributed by atoms with Crippen LogP contribution in [0.4, 0.5) is 17.3 Å². The minimum Gasteiger partial charge on any atom is -0.497 e. The van der Waals surface area contributed by atoms with E-state index in [1.165, 1.54) is 0 Å². The molecule has 4 rings (SSSR count). The van der Waals surface area contributed by atoms with Crippen molar-refractivity contribution in [1.82, 2.24) is 19.5 Å². The van der Waals surface area contributed by atoms with Crippen LogP contribution in [-0.4, -0.2) is 39.6 Å². The number of nitriles is 1. The number of benzene rings is 1. The van der Waals surface area contributed by atoms with Gasteiger partial charge in [-0.05, 0) is 42.3 Å². The van der Waals surface area contributed by atoms with Gasteiger partial charge >= 0.3 is 0 Å². The van der Waals surface area contributed by atoms with Gasteiger partial charge < -0.3 is 19.5 Å². The van der Waals surface area contributed by atoms with E-state index in [1.807, 2.05) is 36.6 Å². The predicted octanol–water partition coefficient (Wildman–Crippen LogP) is 3.83. The van der Waals surface area contributed by atoms with Crippen molar-refractivity contribution in [2.75, 3.05) is 24.4 Å². The molecule has 4 aromatic rings. The molecule has 166 valence electrons. The summed E-state index contributed by atoms with van der Waals surface area (Å²) in [5, 5.41) is 12.1. The maximum absolute atomic E-state index is 12.9. The summed E-state index contributed by atoms with van der Waals surface area (Å²) >= 11 is 0. The van der Waals surface area contributed by atoms with E-state index in [9.17, 15) is 10.1 Å². The molecular weight excluding hydrogens is 418 g/mol. The van der Waals surface area contributed by atoms with Gasteiger partial charge in [-0.1, -0.05) is 6.92 Å². The molecule has 0 radical (unpaired) electrons. The van der Waals surface area contributed by atoms with Crippen LogP contribution in [0, 0.1) is 11.3 Å². The van der Waals surface area contributed by atoms with Crippen molar-refractivity contribution in [1.29, 1.82) is 5.26 Å². The van der Waals surface area contributed by atoms with Gasteiger partial charge in [-0.25, -0.2) is 15.0 Å². The van der Waals surface area contributed by atoms with Crippen LogP contribution in [0.3, 0.4) is 0 Å². The molecule has 0 aliphatic carbocycles. The van der Waals surface area contributed by atoms with Crippen LogP contribution in [0.5, 0.6) is 5.75 Å². The van der Waals surface area contributed by atoms with Crippen LogP contribution in [0.25, 0.3) is 11.0 Å². The summed E-state index contributed by atoms with van der Waals surface area (Å²) in [7, 11) is 5.34. The molecule has 0 saturated heterocycles. The first-order chi connectivity index (χ1) is 15.9. The smallest absolute Gasteiger partial charge is 0.256 e. The van der Waals surface area contributed by atoms with E-state index in [0.717, 1.165) is 23.2 Å². The average molecular weight is 441 g/mol. The van der Waals surface area contributed by atoms with Crippen LogP contribution in [0.1, 0.15) is 28.5 Å². The van der Waals surface area contributed by atoms with Crippen LogP contribution < -0.4 is 15.0 Å². The van der Waals surface area contributed by atoms with E-state index in [4.69, 9.17) is 9.72 Å². The molecule has 0 bridgehead atoms. The molecule has 0 aliphatic rings. The molecule has 0 atom stereocenters. The first kappa shape index (κ1) is 21.8. The van der Waals surface area contributed by atoms with E-state index >= 15 is 0 Å². The third-order valence-electron chi connectivity index (χ3n) is 5.45. The number of imidazole rings is 1. The van der Waals surface area contributed by atoms with Crippen molar-refractivity contribution in [2.45, 2.75) is 13.3 Å². The van der Waals surface area contributed by atoms with Gasteiger partial charge in [-0.2, -0.15) is 5.26 Å². The number of nitrogens with zero attached hydrogens (tertiary/aromatic N) is 6. The summed E-state index contributed by atoms with van der Waals surface area (Å²) in [5.74, 6) is 1.34. The zero-order valence-electron chi connectivity index (χ0n) is 18.8. The Balaban J connectivity index is 1.74. The molecule has 3 heterocycles. The van der Waals surface area contributed by atoms with Crippen molar-refractivity contribution < 1.29 is 9.53 Å². The molecule has 1 amide bonds. The van der Waals surface area contributed by atoms with Gasteiger partial charge in [0.1, 0.15) is 28.8 Å². The Morgan fingerprint density at radius 1 is 1.24 bits per heavy atom. The summed E-state index contributed by atoms with van der Waals surface area (Å²) in [4.78, 5) is 28.1. The first-order valence-corrected chi connectivity index (χ1v) is 10.3. The number of nitrogens with one attached hydrogen (secondary N) is 1. The SMILES string of the molecule is CCc1cc(C#N)ncc1N(C)c1cc2c(ncn2C)c(NC(=O)c2ccc(OC)cc2)n1. The number of ether oxygens (including phenoxy) is 1. The third kappa shape index (κ3) is 4.19. The molecule has 0 fully saturated rings. The number of pyridine rings is 2. The lowest BCUT2D eigenvalue weighted by Gasteiger charge is -2.22. The second-order valence-corrected chi connectivity index (χ2v) is 7.46. The molecule has 0 saturated carbocycles. The molecule has 0 aliphatic heterocycles. The van der Waals surface area contributed by atoms with Crippen molar-refractivity contribution >= 4 is 34.3 Å². The standard InChI is InChI=1S/C24H23N7O2/c1-5-15-10-17(12-25)26-13-20(15)31(3)21-11-19-22(27-14-30(19)2)23(28-21)29-24(32)16-6-8-18(33-4)9-7-16/h6-11,13-14H,5H2,1-4H3,(H,28,29,32). The number of aromatic nitrogens is 4. The highest BCUT2D eigenvalue weighted by molar-refractivity contribution is 6.07. The highest BCUT2D eigenvalue weighted by atomic mass is 16.5. The van der Waals surface area contributed by atoms with Gasteiger partial charge in [0.05, 0.1) is 30.8 Å². The van der Waals surface area contributed by atoms with Crippen molar-refractivity contribution in [3.8, 4) is 11.8 Å². The Morgan fingerprint density at radius 2 is 2.00 bits per heavy atom. The second-order valence-electron chi connectivity index (χ2n) is 7.46. The number of amides is 1. The normalized spacial score (nSPS) is 10.6. The Hall–Kier alpha value is -4.45. The van der Waals surface area contributed by atoms with Gasteiger partial charge in [0.15, 0.2) is 5.82 Å². The average Bonchev–Trinajstić information content (AvgIpc) is 3.23. The lowest BCUT2D eigenvalue weighted by molar-refractivity contribution is 0.102. The Morgan fingerprint density at radius 3 is 2.67 bits per heavy atom. The highest BCUT2D eigenvalue weighted by Crippen LogP contribution is 2.31. The Labute approximate surface area is 191 Å². The topological polar surface area (TPSA) is 109 Å². The summed E-state index contributed by atoms with van der Waals surface area (Å²) < 4.78 is 7.03. The quantitative estimate of drug-likeness (QED) is 0.484. The number of fused-ring (bicyclic) bond motifs is 1. The molecule has 3 aromatic heterocycles. The Bertz CT molecular complexity index is 1370. The molecule has 33 heavy (non-hydrogen) atoms. The van der Waals surface area contributed by atoms with Crippen LogP contribution in [0.15, 0.2) is 48.9 Å². The van der Waals surface area contributed by atoms with Gasteiger partial charge in [-0.15, -0.1) is 0 Å². The maximum atomic E-state index is 12.9. The minimum atomic E-state index is -0.300. The number of carbonyl (C=O) groups is 1. The van der Waals surface area contributed by atoms with E-state index in [2.05, 4.69) is 21.4 Å². The van der Waals surface area contributed by atoms with E-state index in [0.29, 0.717) is 34.2 Å². The number of hydrogen-bond donors (Lipinski definition) is 1. The molecular formula is C24H23N7O2. The third-order valence-corrected chi connectivity index (χ3v) is 5.45. The number of carbonyl (C=O) groups excluding carboxylic acids is 1. The first-order valence-electron chi connectivity index (χ1n) is 10.3. The van der Waals surface area contributed by atoms with Crippen LogP contribution in [-0.2, 0) is 13.5 Å². The largest absolute Gasteiger partial charge is 0.497 e. The van der Waals surface area contributed by atoms with Gasteiger partial charge in [0.2, 0.25) is 0 Å². The number of aryl methyl sites for hydroxylation is 2. The van der Waals surface area contributed by atoms with Crippen LogP contribution in [0.2, 0.25) is 0 Å². The fraction of sp³-hybridized carbons (Fsp3) is 0.208. The van der Waals surface area contributed by atoms with Gasteiger partial charge in [0, 0.05) is 25.7 Å². The second kappa shape index (κ2) is 8.96. The minimum absolute atomic E-state index is 0.300. The molecule has 0 unspecified atom stereocenters. The zero-order valence-corrected chi connectivity index (χ0v) is 18.8. The van der Waals surface area contributed by atoms with Crippen LogP contribution >= 0.6 is 0 Å². The molecule has 9 heteroatoms. The Kier molecular flexibility index (Phi) is 5.91. The van der Waals surface area contributed by atoms with Crippen molar-refractivity contribution in [3.63, 3.8) is 0 Å². The predicted molar refractivity (Wildman–Crippen MR) is 126 cm³/mol. The van der Waals surface area contributed by atoms with Crippen molar-refractivity contribution in [2.24, 2.45) is 7.05 Å². The summed E-state index contributed by atoms with van der Waals surface area (Å²) in [6.45, 7) is 2.02. The lowest BCUT2D eigenvalue weighted by atomic mass is 10.1. The highest BCUT2D eigenvalue weighted by Gasteiger charge is 2.18.